The fraction of sp³-hybridized carbons (Fsp3) is 0.750. The molecule has 0 bridgehead atoms. The Balaban J connectivity index is 2.00. The van der Waals surface area contributed by atoms with Gasteiger partial charge in [0.25, 0.3) is 0 Å². The molecule has 0 radical (unpaired) electrons. The lowest BCUT2D eigenvalue weighted by Gasteiger charge is -2.38. The molecule has 0 saturated heterocycles. The topological polar surface area (TPSA) is 73.1 Å². The van der Waals surface area contributed by atoms with Gasteiger partial charge in [0, 0.05) is 17.9 Å². The molecule has 0 unspecified atom stereocenters. The van der Waals surface area contributed by atoms with Gasteiger partial charge >= 0.3 is 0 Å². The second-order valence-corrected chi connectivity index (χ2v) is 6.43. The van der Waals surface area contributed by atoms with Gasteiger partial charge in [-0.15, -0.1) is 0 Å². The summed E-state index contributed by atoms with van der Waals surface area (Å²) in [6.07, 6.45) is 7.54. The molecular weight excluding hydrogens is 264 g/mol. The summed E-state index contributed by atoms with van der Waals surface area (Å²) < 4.78 is 6.17. The largest absolute Gasteiger partial charge is 0.367 e. The summed E-state index contributed by atoms with van der Waals surface area (Å²) in [5, 5.41) is 0. The van der Waals surface area contributed by atoms with Crippen LogP contribution in [0.4, 0.5) is 5.82 Å². The third kappa shape index (κ3) is 2.64. The quantitative estimate of drug-likeness (QED) is 0.659. The van der Waals surface area contributed by atoms with Gasteiger partial charge in [-0.25, -0.2) is 15.8 Å². The van der Waals surface area contributed by atoms with E-state index >= 15 is 0 Å². The molecule has 3 rings (SSSR count). The number of aryl methyl sites for hydroxylation is 1. The zero-order valence-electron chi connectivity index (χ0n) is 13.1. The third-order valence-electron chi connectivity index (χ3n) is 4.98. The molecule has 1 fully saturated rings. The number of hydrogen-bond donors (Lipinski definition) is 2. The highest BCUT2D eigenvalue weighted by Gasteiger charge is 2.40. The predicted octanol–water partition coefficient (Wildman–Crippen LogP) is 2.69. The molecule has 0 aliphatic heterocycles. The molecule has 116 valence electrons. The van der Waals surface area contributed by atoms with E-state index in [0.29, 0.717) is 6.61 Å². The normalized spacial score (nSPS) is 28.4. The molecule has 5 heteroatoms. The number of hydrogen-bond acceptors (Lipinski definition) is 5. The highest BCUT2D eigenvalue weighted by molar-refractivity contribution is 5.48. The van der Waals surface area contributed by atoms with Crippen LogP contribution in [0.1, 0.15) is 63.0 Å². The van der Waals surface area contributed by atoms with Crippen molar-refractivity contribution in [3.05, 3.63) is 17.1 Å². The van der Waals surface area contributed by atoms with Crippen molar-refractivity contribution in [1.29, 1.82) is 0 Å². The minimum Gasteiger partial charge on any atom is -0.367 e. The van der Waals surface area contributed by atoms with Crippen molar-refractivity contribution in [2.45, 2.75) is 64.4 Å². The number of fused-ring (bicyclic) bond motifs is 1. The van der Waals surface area contributed by atoms with Crippen molar-refractivity contribution in [2.75, 3.05) is 12.0 Å². The molecule has 0 amide bonds. The van der Waals surface area contributed by atoms with Crippen molar-refractivity contribution in [1.82, 2.24) is 9.97 Å². The summed E-state index contributed by atoms with van der Waals surface area (Å²) in [5.74, 6) is 8.08. The molecule has 3 N–H and O–H groups in total. The van der Waals surface area contributed by atoms with Gasteiger partial charge < -0.3 is 10.2 Å². The summed E-state index contributed by atoms with van der Waals surface area (Å²) in [7, 11) is 0. The van der Waals surface area contributed by atoms with E-state index in [-0.39, 0.29) is 5.60 Å². The maximum Gasteiger partial charge on any atom is 0.162 e. The van der Waals surface area contributed by atoms with Crippen LogP contribution in [0.15, 0.2) is 0 Å². The number of nitrogens with two attached hydrogens (primary N) is 1. The monoisotopic (exact) mass is 290 g/mol. The van der Waals surface area contributed by atoms with E-state index in [9.17, 15) is 0 Å². The van der Waals surface area contributed by atoms with E-state index in [2.05, 4.69) is 19.3 Å². The van der Waals surface area contributed by atoms with Gasteiger partial charge in [-0.3, -0.25) is 0 Å². The van der Waals surface area contributed by atoms with Crippen LogP contribution < -0.4 is 11.3 Å². The third-order valence-corrected chi connectivity index (χ3v) is 4.98. The van der Waals surface area contributed by atoms with E-state index in [1.165, 1.54) is 18.4 Å². The van der Waals surface area contributed by atoms with Crippen molar-refractivity contribution >= 4 is 5.82 Å². The molecule has 2 aliphatic carbocycles. The molecule has 0 atom stereocenters. The number of rotatable bonds is 4. The molecule has 21 heavy (non-hydrogen) atoms. The lowest BCUT2D eigenvalue weighted by Crippen LogP contribution is -2.37. The molecule has 1 aromatic heterocycles. The minimum absolute atomic E-state index is 0.315. The van der Waals surface area contributed by atoms with Gasteiger partial charge in [-0.1, -0.05) is 6.92 Å². The molecule has 5 nitrogen and oxygen atoms in total. The number of hydrazine groups is 1. The van der Waals surface area contributed by atoms with E-state index in [4.69, 9.17) is 20.5 Å². The molecule has 1 heterocycles. The molecule has 0 spiro atoms. The fourth-order valence-electron chi connectivity index (χ4n) is 3.69. The van der Waals surface area contributed by atoms with Crippen molar-refractivity contribution in [3.63, 3.8) is 0 Å². The number of aromatic nitrogens is 2. The lowest BCUT2D eigenvalue weighted by atomic mass is 9.78. The fourth-order valence-corrected chi connectivity index (χ4v) is 3.69. The Morgan fingerprint density at radius 2 is 2.05 bits per heavy atom. The smallest absolute Gasteiger partial charge is 0.162 e. The van der Waals surface area contributed by atoms with Gasteiger partial charge in [0.05, 0.1) is 0 Å². The van der Waals surface area contributed by atoms with Crippen LogP contribution in [0.5, 0.6) is 0 Å². The average Bonchev–Trinajstić information content (AvgIpc) is 2.97. The molecule has 1 aromatic rings. The van der Waals surface area contributed by atoms with Gasteiger partial charge in [0.15, 0.2) is 5.82 Å². The van der Waals surface area contributed by atoms with Crippen molar-refractivity contribution in [2.24, 2.45) is 11.8 Å². The summed E-state index contributed by atoms with van der Waals surface area (Å²) in [6.45, 7) is 5.06. The van der Waals surface area contributed by atoms with Gasteiger partial charge in [0.2, 0.25) is 0 Å². The number of nitrogen functional groups attached to an aromatic ring is 1. The van der Waals surface area contributed by atoms with Crippen molar-refractivity contribution in [3.8, 4) is 0 Å². The summed E-state index contributed by atoms with van der Waals surface area (Å²) in [4.78, 5) is 9.60. The minimum atomic E-state index is -0.315. The number of anilines is 1. The maximum atomic E-state index is 6.17. The summed E-state index contributed by atoms with van der Waals surface area (Å²) >= 11 is 0. The highest BCUT2D eigenvalue weighted by Crippen LogP contribution is 2.42. The van der Waals surface area contributed by atoms with E-state index in [0.717, 1.165) is 55.4 Å². The first-order chi connectivity index (χ1) is 10.2. The maximum absolute atomic E-state index is 6.17. The van der Waals surface area contributed by atoms with Gasteiger partial charge in [-0.2, -0.15) is 0 Å². The second kappa shape index (κ2) is 5.89. The molecule has 0 aromatic carbocycles. The number of nitrogens with one attached hydrogen (secondary N) is 1. The average molecular weight is 290 g/mol. The van der Waals surface area contributed by atoms with Crippen LogP contribution in [-0.4, -0.2) is 16.6 Å². The van der Waals surface area contributed by atoms with Crippen LogP contribution in [0, 0.1) is 5.92 Å². The van der Waals surface area contributed by atoms with Crippen LogP contribution in [0.2, 0.25) is 0 Å². The Labute approximate surface area is 126 Å². The zero-order valence-corrected chi connectivity index (χ0v) is 13.1. The van der Waals surface area contributed by atoms with Gasteiger partial charge in [-0.05, 0) is 57.8 Å². The summed E-state index contributed by atoms with van der Waals surface area (Å²) in [5.41, 5.74) is 4.80. The van der Waals surface area contributed by atoms with E-state index in [1.807, 2.05) is 0 Å². The Bertz CT molecular complexity index is 509. The first-order valence-corrected chi connectivity index (χ1v) is 8.19. The zero-order chi connectivity index (χ0) is 14.9. The Morgan fingerprint density at radius 3 is 2.71 bits per heavy atom. The molecular formula is C16H26N4O. The van der Waals surface area contributed by atoms with E-state index < -0.39 is 0 Å². The Morgan fingerprint density at radius 1 is 1.29 bits per heavy atom. The van der Waals surface area contributed by atoms with E-state index in [1.54, 1.807) is 0 Å². The first kappa shape index (κ1) is 14.7. The predicted molar refractivity (Wildman–Crippen MR) is 82.8 cm³/mol. The van der Waals surface area contributed by atoms with Crippen LogP contribution in [0.3, 0.4) is 0 Å². The van der Waals surface area contributed by atoms with Crippen LogP contribution in [-0.2, 0) is 23.2 Å². The SMILES string of the molecule is CCOC1(c2nc3c(c(NN)n2)CCC3)CCC(C)CC1. The lowest BCUT2D eigenvalue weighted by molar-refractivity contribution is -0.0837. The molecule has 2 aliphatic rings. The number of nitrogens with zero attached hydrogens (tertiary/aromatic N) is 2. The van der Waals surface area contributed by atoms with Gasteiger partial charge in [0.1, 0.15) is 11.4 Å². The number of ether oxygens (including phenoxy) is 1. The second-order valence-electron chi connectivity index (χ2n) is 6.43. The first-order valence-electron chi connectivity index (χ1n) is 8.19. The van der Waals surface area contributed by atoms with Crippen LogP contribution in [0.25, 0.3) is 0 Å². The Kier molecular flexibility index (Phi) is 4.13. The van der Waals surface area contributed by atoms with Crippen molar-refractivity contribution < 1.29 is 4.74 Å². The Hall–Kier alpha value is -1.20. The highest BCUT2D eigenvalue weighted by atomic mass is 16.5. The summed E-state index contributed by atoms with van der Waals surface area (Å²) in [6, 6.07) is 0. The molecule has 1 saturated carbocycles. The standard InChI is InChI=1S/C16H26N4O/c1-3-21-16(9-7-11(2)8-10-16)15-18-13-6-4-5-12(13)14(19-15)20-17/h11H,3-10,17H2,1-2H3,(H,18,19,20). The van der Waals surface area contributed by atoms with Crippen LogP contribution >= 0.6 is 0 Å².